The number of carbonyl (C=O) groups excluding carboxylic acids is 2. The van der Waals surface area contributed by atoms with E-state index in [1.807, 2.05) is 54.8 Å². The highest BCUT2D eigenvalue weighted by molar-refractivity contribution is 7.99. The van der Waals surface area contributed by atoms with Crippen LogP contribution in [0.3, 0.4) is 0 Å². The minimum Gasteiger partial charge on any atom is -0.462 e. The Morgan fingerprint density at radius 1 is 1.30 bits per heavy atom. The second-order valence-corrected chi connectivity index (χ2v) is 9.51. The number of hydrogen-bond acceptors (Lipinski definition) is 8. The third-order valence-electron chi connectivity index (χ3n) is 4.59. The van der Waals surface area contributed by atoms with Crippen LogP contribution in [0, 0.1) is 6.92 Å². The number of ether oxygens (including phenoxy) is 1. The number of esters is 1. The largest absolute Gasteiger partial charge is 0.462 e. The molecule has 0 aliphatic carbocycles. The lowest BCUT2D eigenvalue weighted by molar-refractivity contribution is -0.113. The predicted octanol–water partition coefficient (Wildman–Crippen LogP) is 4.47. The summed E-state index contributed by atoms with van der Waals surface area (Å²) in [6.07, 6.45) is 1.77. The molecular formula is C23H27N5O3S2. The third-order valence-corrected chi connectivity index (χ3v) is 6.52. The third kappa shape index (κ3) is 6.02. The highest BCUT2D eigenvalue weighted by Crippen LogP contribution is 2.30. The Morgan fingerprint density at radius 2 is 2.09 bits per heavy atom. The van der Waals surface area contributed by atoms with Gasteiger partial charge in [-0.1, -0.05) is 30.0 Å². The lowest BCUT2D eigenvalue weighted by atomic mass is 10.2. The summed E-state index contributed by atoms with van der Waals surface area (Å²) in [6, 6.07) is 9.74. The molecule has 0 aliphatic rings. The van der Waals surface area contributed by atoms with Crippen LogP contribution in [0.1, 0.15) is 22.2 Å². The van der Waals surface area contributed by atoms with Crippen LogP contribution in [0.25, 0.3) is 11.4 Å². The molecule has 0 aliphatic heterocycles. The van der Waals surface area contributed by atoms with E-state index in [1.165, 1.54) is 23.1 Å². The lowest BCUT2D eigenvalue weighted by Gasteiger charge is -2.14. The summed E-state index contributed by atoms with van der Waals surface area (Å²) >= 11 is 2.62. The van der Waals surface area contributed by atoms with Gasteiger partial charge >= 0.3 is 5.97 Å². The smallest absolute Gasteiger partial charge is 0.341 e. The summed E-state index contributed by atoms with van der Waals surface area (Å²) in [7, 11) is 3.96. The second-order valence-electron chi connectivity index (χ2n) is 7.31. The number of benzene rings is 1. The van der Waals surface area contributed by atoms with E-state index in [-0.39, 0.29) is 18.3 Å². The van der Waals surface area contributed by atoms with E-state index < -0.39 is 5.97 Å². The first-order valence-electron chi connectivity index (χ1n) is 10.4. The summed E-state index contributed by atoms with van der Waals surface area (Å²) in [5.74, 6) is 0.142. The fourth-order valence-corrected chi connectivity index (χ4v) is 4.75. The molecule has 174 valence electrons. The van der Waals surface area contributed by atoms with Crippen molar-refractivity contribution < 1.29 is 14.3 Å². The number of thioether (sulfide) groups is 1. The summed E-state index contributed by atoms with van der Waals surface area (Å²) in [6.45, 7) is 8.24. The van der Waals surface area contributed by atoms with Crippen LogP contribution in [0.5, 0.6) is 0 Å². The van der Waals surface area contributed by atoms with Gasteiger partial charge in [-0.05, 0) is 32.0 Å². The van der Waals surface area contributed by atoms with Crippen LogP contribution >= 0.6 is 23.1 Å². The summed E-state index contributed by atoms with van der Waals surface area (Å²) in [5.41, 5.74) is 2.36. The minimum absolute atomic E-state index is 0.117. The predicted molar refractivity (Wildman–Crippen MR) is 134 cm³/mol. The molecule has 0 radical (unpaired) electrons. The molecule has 2 aromatic heterocycles. The number of anilines is 2. The zero-order valence-corrected chi connectivity index (χ0v) is 20.8. The fourth-order valence-electron chi connectivity index (χ4n) is 3.09. The average molecular weight is 486 g/mol. The van der Waals surface area contributed by atoms with Crippen molar-refractivity contribution in [3.8, 4) is 11.4 Å². The zero-order valence-electron chi connectivity index (χ0n) is 19.1. The molecule has 0 unspecified atom stereocenters. The number of rotatable bonds is 10. The van der Waals surface area contributed by atoms with Crippen molar-refractivity contribution in [2.75, 3.05) is 36.7 Å². The summed E-state index contributed by atoms with van der Waals surface area (Å²) in [4.78, 5) is 27.7. The van der Waals surface area contributed by atoms with E-state index in [4.69, 9.17) is 4.74 Å². The van der Waals surface area contributed by atoms with Crippen LogP contribution < -0.4 is 10.2 Å². The van der Waals surface area contributed by atoms with Crippen molar-refractivity contribution in [2.45, 2.75) is 25.5 Å². The van der Waals surface area contributed by atoms with Gasteiger partial charge in [-0.15, -0.1) is 28.1 Å². The first-order chi connectivity index (χ1) is 15.8. The molecule has 10 heteroatoms. The van der Waals surface area contributed by atoms with Crippen molar-refractivity contribution in [1.29, 1.82) is 0 Å². The lowest BCUT2D eigenvalue weighted by Crippen LogP contribution is -2.16. The normalized spacial score (nSPS) is 10.7. The number of nitrogens with zero attached hydrogens (tertiary/aromatic N) is 4. The molecule has 8 nitrogen and oxygen atoms in total. The van der Waals surface area contributed by atoms with Crippen LogP contribution in [0.15, 0.2) is 48.1 Å². The van der Waals surface area contributed by atoms with E-state index in [1.54, 1.807) is 19.1 Å². The standard InChI is InChI=1S/C23H27N5O3S2/c1-6-11-28-20(16-9-8-10-17(13-16)27(4)5)25-26-23(28)32-14-19(29)24-21-18(12-15(3)33-21)22(30)31-7-2/h6,8-10,12-13H,1,7,11,14H2,2-5H3,(H,24,29). The van der Waals surface area contributed by atoms with Crippen molar-refractivity contribution in [1.82, 2.24) is 14.8 Å². The van der Waals surface area contributed by atoms with E-state index in [0.717, 1.165) is 16.1 Å². The number of amides is 1. The highest BCUT2D eigenvalue weighted by atomic mass is 32.2. The van der Waals surface area contributed by atoms with Crippen LogP contribution in [-0.2, 0) is 16.1 Å². The van der Waals surface area contributed by atoms with Gasteiger partial charge in [0.05, 0.1) is 17.9 Å². The Kier molecular flexibility index (Phi) is 8.29. The number of allylic oxidation sites excluding steroid dienone is 1. The molecular weight excluding hydrogens is 458 g/mol. The molecule has 3 rings (SSSR count). The Hall–Kier alpha value is -3.11. The Morgan fingerprint density at radius 3 is 2.79 bits per heavy atom. The van der Waals surface area contributed by atoms with Gasteiger partial charge in [-0.2, -0.15) is 0 Å². The molecule has 0 bridgehead atoms. The van der Waals surface area contributed by atoms with Crippen molar-refractivity contribution >= 4 is 45.7 Å². The first kappa shape index (κ1) is 24.5. The van der Waals surface area contributed by atoms with Crippen molar-refractivity contribution in [3.63, 3.8) is 0 Å². The number of thiophene rings is 1. The molecule has 1 N–H and O–H groups in total. The monoisotopic (exact) mass is 485 g/mol. The highest BCUT2D eigenvalue weighted by Gasteiger charge is 2.19. The molecule has 0 fully saturated rings. The number of carbonyl (C=O) groups is 2. The average Bonchev–Trinajstić information content (AvgIpc) is 3.35. The molecule has 3 aromatic rings. The Labute approximate surface area is 201 Å². The minimum atomic E-state index is -0.444. The quantitative estimate of drug-likeness (QED) is 0.257. The Bertz CT molecular complexity index is 1150. The Balaban J connectivity index is 1.75. The molecule has 33 heavy (non-hydrogen) atoms. The molecule has 1 aromatic carbocycles. The van der Waals surface area contributed by atoms with Gasteiger partial charge in [0.25, 0.3) is 0 Å². The second kappa shape index (κ2) is 11.2. The van der Waals surface area contributed by atoms with Crippen molar-refractivity contribution in [3.05, 3.63) is 53.4 Å². The van der Waals surface area contributed by atoms with Gasteiger partial charge in [-0.25, -0.2) is 4.79 Å². The van der Waals surface area contributed by atoms with Gasteiger partial charge < -0.3 is 15.0 Å². The van der Waals surface area contributed by atoms with E-state index >= 15 is 0 Å². The number of aryl methyl sites for hydroxylation is 1. The SMILES string of the molecule is C=CCn1c(SCC(=O)Nc2sc(C)cc2C(=O)OCC)nnc1-c1cccc(N(C)C)c1. The van der Waals surface area contributed by atoms with E-state index in [2.05, 4.69) is 22.1 Å². The zero-order chi connectivity index (χ0) is 24.0. The van der Waals surface area contributed by atoms with Crippen molar-refractivity contribution in [2.24, 2.45) is 0 Å². The number of aromatic nitrogens is 3. The van der Waals surface area contributed by atoms with E-state index in [0.29, 0.717) is 28.1 Å². The molecule has 0 spiro atoms. The maximum absolute atomic E-state index is 12.6. The maximum atomic E-state index is 12.6. The van der Waals surface area contributed by atoms with Crippen LogP contribution in [-0.4, -0.2) is 53.1 Å². The molecule has 1 amide bonds. The number of hydrogen-bond donors (Lipinski definition) is 1. The molecule has 0 atom stereocenters. The molecule has 0 saturated carbocycles. The molecule has 2 heterocycles. The molecule has 0 saturated heterocycles. The van der Waals surface area contributed by atoms with Gasteiger partial charge in [0, 0.05) is 36.8 Å². The van der Waals surface area contributed by atoms with Gasteiger partial charge in [0.1, 0.15) is 5.00 Å². The summed E-state index contributed by atoms with van der Waals surface area (Å²) in [5, 5.41) is 12.6. The van der Waals surface area contributed by atoms with Crippen LogP contribution in [0.2, 0.25) is 0 Å². The maximum Gasteiger partial charge on any atom is 0.341 e. The van der Waals surface area contributed by atoms with E-state index in [9.17, 15) is 9.59 Å². The summed E-state index contributed by atoms with van der Waals surface area (Å²) < 4.78 is 7.01. The van der Waals surface area contributed by atoms with Crippen LogP contribution in [0.4, 0.5) is 10.7 Å². The number of nitrogens with one attached hydrogen (secondary N) is 1. The fraction of sp³-hybridized carbons (Fsp3) is 0.304. The van der Waals surface area contributed by atoms with Gasteiger partial charge in [0.15, 0.2) is 11.0 Å². The first-order valence-corrected chi connectivity index (χ1v) is 12.2. The van der Waals surface area contributed by atoms with Gasteiger partial charge in [0.2, 0.25) is 5.91 Å². The van der Waals surface area contributed by atoms with Gasteiger partial charge in [-0.3, -0.25) is 9.36 Å². The topological polar surface area (TPSA) is 89.3 Å².